The summed E-state index contributed by atoms with van der Waals surface area (Å²) in [5.41, 5.74) is 2.42. The predicted molar refractivity (Wildman–Crippen MR) is 179 cm³/mol. The molecule has 0 unspecified atom stereocenters. The van der Waals surface area contributed by atoms with E-state index in [2.05, 4.69) is 5.32 Å². The molecule has 0 aliphatic rings. The maximum Gasteiger partial charge on any atom is 0.264 e. The topological polar surface area (TPSA) is 96.0 Å². The molecule has 4 aromatic rings. The molecule has 0 saturated carbocycles. The van der Waals surface area contributed by atoms with Crippen molar-refractivity contribution < 1.29 is 22.7 Å². The average Bonchev–Trinajstić information content (AvgIpc) is 3.03. The van der Waals surface area contributed by atoms with Crippen molar-refractivity contribution in [2.24, 2.45) is 0 Å². The third-order valence-electron chi connectivity index (χ3n) is 7.17. The first kappa shape index (κ1) is 34.1. The van der Waals surface area contributed by atoms with Crippen LogP contribution in [0.5, 0.6) is 5.75 Å². The molecular formula is C33H32Cl3N3O5S. The number of nitrogens with zero attached hydrogens (tertiary/aromatic N) is 2. The number of aryl methyl sites for hydroxylation is 1. The van der Waals surface area contributed by atoms with Crippen molar-refractivity contribution in [2.75, 3.05) is 25.0 Å². The lowest BCUT2D eigenvalue weighted by molar-refractivity contribution is -0.139. The van der Waals surface area contributed by atoms with Crippen molar-refractivity contribution >= 4 is 62.3 Å². The number of benzene rings is 4. The lowest BCUT2D eigenvalue weighted by Gasteiger charge is -2.33. The SMILES string of the molecule is CNC(=O)[C@H](Cc1ccccc1)N(Cc1ccc(Cl)c(Cl)c1)C(=O)CN(c1ccc(OC)c(Cl)c1)S(=O)(=O)c1ccc(C)cc1. The van der Waals surface area contributed by atoms with Crippen LogP contribution in [0.3, 0.4) is 0 Å². The molecule has 8 nitrogen and oxygen atoms in total. The number of methoxy groups -OCH3 is 1. The first-order valence-electron chi connectivity index (χ1n) is 13.9. The zero-order chi connectivity index (χ0) is 32.7. The molecule has 45 heavy (non-hydrogen) atoms. The second-order valence-corrected chi connectivity index (χ2v) is 13.3. The molecule has 12 heteroatoms. The Morgan fingerprint density at radius 1 is 0.844 bits per heavy atom. The number of ether oxygens (including phenoxy) is 1. The first-order valence-corrected chi connectivity index (χ1v) is 16.4. The number of carbonyl (C=O) groups is 2. The van der Waals surface area contributed by atoms with Gasteiger partial charge >= 0.3 is 0 Å². The number of likely N-dealkylation sites (N-methyl/N-ethyl adjacent to an activating group) is 1. The molecular weight excluding hydrogens is 657 g/mol. The zero-order valence-corrected chi connectivity index (χ0v) is 27.9. The van der Waals surface area contributed by atoms with Gasteiger partial charge in [-0.05, 0) is 60.5 Å². The normalized spacial score (nSPS) is 11.9. The molecule has 236 valence electrons. The van der Waals surface area contributed by atoms with Crippen LogP contribution >= 0.6 is 34.8 Å². The van der Waals surface area contributed by atoms with Gasteiger partial charge in [0.2, 0.25) is 11.8 Å². The molecule has 4 rings (SSSR count). The van der Waals surface area contributed by atoms with Crippen LogP contribution in [0, 0.1) is 6.92 Å². The minimum absolute atomic E-state index is 0.0176. The average molecular weight is 689 g/mol. The van der Waals surface area contributed by atoms with Crippen molar-refractivity contribution in [1.29, 1.82) is 0 Å². The van der Waals surface area contributed by atoms with Crippen LogP contribution in [0.4, 0.5) is 5.69 Å². The van der Waals surface area contributed by atoms with E-state index < -0.39 is 34.4 Å². The van der Waals surface area contributed by atoms with Crippen molar-refractivity contribution in [3.05, 3.63) is 123 Å². The molecule has 2 amide bonds. The lowest BCUT2D eigenvalue weighted by Crippen LogP contribution is -2.53. The van der Waals surface area contributed by atoms with E-state index in [0.717, 1.165) is 15.4 Å². The van der Waals surface area contributed by atoms with Gasteiger partial charge in [0.05, 0.1) is 32.8 Å². The second kappa shape index (κ2) is 15.0. The van der Waals surface area contributed by atoms with Gasteiger partial charge < -0.3 is 15.0 Å². The van der Waals surface area contributed by atoms with Crippen molar-refractivity contribution in [2.45, 2.75) is 30.8 Å². The molecule has 0 aliphatic carbocycles. The smallest absolute Gasteiger partial charge is 0.264 e. The molecule has 0 saturated heterocycles. The van der Waals surface area contributed by atoms with Crippen LogP contribution in [0.2, 0.25) is 15.1 Å². The van der Waals surface area contributed by atoms with E-state index in [1.807, 2.05) is 37.3 Å². The van der Waals surface area contributed by atoms with Gasteiger partial charge in [-0.25, -0.2) is 8.42 Å². The standard InChI is InChI=1S/C33H32Cl3N3O5S/c1-22-9-13-26(14-10-22)45(42,43)39(25-12-16-31(44-3)29(36)19-25)21-32(40)38(20-24-11-15-27(34)28(35)17-24)30(33(41)37-2)18-23-7-5-4-6-8-23/h4-17,19,30H,18,20-21H2,1-3H3,(H,37,41)/t30-/m0/s1. The van der Waals surface area contributed by atoms with E-state index in [4.69, 9.17) is 39.5 Å². The molecule has 0 fully saturated rings. The van der Waals surface area contributed by atoms with E-state index in [9.17, 15) is 18.0 Å². The molecule has 4 aromatic carbocycles. The number of hydrogen-bond donors (Lipinski definition) is 1. The van der Waals surface area contributed by atoms with E-state index in [0.29, 0.717) is 16.3 Å². The number of carbonyl (C=O) groups excluding carboxylic acids is 2. The summed E-state index contributed by atoms with van der Waals surface area (Å²) < 4.78 is 34.5. The fraction of sp³-hybridized carbons (Fsp3) is 0.212. The van der Waals surface area contributed by atoms with Crippen LogP contribution in [-0.2, 0) is 32.6 Å². The maximum absolute atomic E-state index is 14.4. The summed E-state index contributed by atoms with van der Waals surface area (Å²) in [6, 6.07) is 23.9. The monoisotopic (exact) mass is 687 g/mol. The van der Waals surface area contributed by atoms with Gasteiger partial charge in [-0.2, -0.15) is 0 Å². The van der Waals surface area contributed by atoms with E-state index in [-0.39, 0.29) is 33.6 Å². The maximum atomic E-state index is 14.4. The number of halogens is 3. The van der Waals surface area contributed by atoms with Crippen molar-refractivity contribution in [3.8, 4) is 5.75 Å². The van der Waals surface area contributed by atoms with Gasteiger partial charge in [0, 0.05) is 20.0 Å². The van der Waals surface area contributed by atoms with E-state index >= 15 is 0 Å². The highest BCUT2D eigenvalue weighted by molar-refractivity contribution is 7.92. The van der Waals surface area contributed by atoms with Gasteiger partial charge in [-0.1, -0.05) is 88.9 Å². The van der Waals surface area contributed by atoms with Gasteiger partial charge in [0.15, 0.2) is 0 Å². The summed E-state index contributed by atoms with van der Waals surface area (Å²) >= 11 is 18.8. The minimum atomic E-state index is -4.28. The molecule has 0 spiro atoms. The number of hydrogen-bond acceptors (Lipinski definition) is 5. The van der Waals surface area contributed by atoms with Crippen LogP contribution < -0.4 is 14.4 Å². The first-order chi connectivity index (χ1) is 21.4. The van der Waals surface area contributed by atoms with Gasteiger partial charge in [0.1, 0.15) is 18.3 Å². The van der Waals surface area contributed by atoms with Crippen LogP contribution in [0.25, 0.3) is 0 Å². The summed E-state index contributed by atoms with van der Waals surface area (Å²) in [6.45, 7) is 1.15. The lowest BCUT2D eigenvalue weighted by atomic mass is 10.0. The zero-order valence-electron chi connectivity index (χ0n) is 24.8. The highest BCUT2D eigenvalue weighted by Crippen LogP contribution is 2.32. The summed E-state index contributed by atoms with van der Waals surface area (Å²) in [7, 11) is -1.36. The number of nitrogens with one attached hydrogen (secondary N) is 1. The van der Waals surface area contributed by atoms with Crippen LogP contribution in [-0.4, -0.2) is 51.9 Å². The summed E-state index contributed by atoms with van der Waals surface area (Å²) in [6.07, 6.45) is 0.173. The van der Waals surface area contributed by atoms with Crippen LogP contribution in [0.1, 0.15) is 16.7 Å². The Bertz CT molecular complexity index is 1770. The third-order valence-corrected chi connectivity index (χ3v) is 9.99. The van der Waals surface area contributed by atoms with Crippen LogP contribution in [0.15, 0.2) is 95.9 Å². The second-order valence-electron chi connectivity index (χ2n) is 10.2. The predicted octanol–water partition coefficient (Wildman–Crippen LogP) is 6.55. The number of rotatable bonds is 12. The Kier molecular flexibility index (Phi) is 11.4. The fourth-order valence-electron chi connectivity index (χ4n) is 4.73. The summed E-state index contributed by atoms with van der Waals surface area (Å²) in [5, 5.41) is 3.42. The Labute approximate surface area is 278 Å². The van der Waals surface area contributed by atoms with Gasteiger partial charge in [0.25, 0.3) is 10.0 Å². The minimum Gasteiger partial charge on any atom is -0.495 e. The Balaban J connectivity index is 1.82. The summed E-state index contributed by atoms with van der Waals surface area (Å²) in [4.78, 5) is 29.1. The molecule has 1 N–H and O–H groups in total. The number of sulfonamides is 1. The summed E-state index contributed by atoms with van der Waals surface area (Å²) in [5.74, 6) is -0.718. The van der Waals surface area contributed by atoms with E-state index in [1.54, 1.807) is 30.3 Å². The largest absolute Gasteiger partial charge is 0.495 e. The van der Waals surface area contributed by atoms with Crippen molar-refractivity contribution in [1.82, 2.24) is 10.2 Å². The molecule has 0 bridgehead atoms. The molecule has 0 radical (unpaired) electrons. The van der Waals surface area contributed by atoms with Gasteiger partial charge in [-0.3, -0.25) is 13.9 Å². The quantitative estimate of drug-likeness (QED) is 0.182. The third kappa shape index (κ3) is 8.29. The van der Waals surface area contributed by atoms with Crippen molar-refractivity contribution in [3.63, 3.8) is 0 Å². The van der Waals surface area contributed by atoms with Gasteiger partial charge in [-0.15, -0.1) is 0 Å². The fourth-order valence-corrected chi connectivity index (χ4v) is 6.71. The Morgan fingerprint density at radius 2 is 1.53 bits per heavy atom. The highest BCUT2D eigenvalue weighted by atomic mass is 35.5. The molecule has 0 aromatic heterocycles. The number of amides is 2. The van der Waals surface area contributed by atoms with E-state index in [1.165, 1.54) is 49.4 Å². The molecule has 0 aliphatic heterocycles. The highest BCUT2D eigenvalue weighted by Gasteiger charge is 2.34. The Morgan fingerprint density at radius 3 is 2.13 bits per heavy atom. The Hall–Kier alpha value is -3.76. The molecule has 1 atom stereocenters. The molecule has 0 heterocycles. The number of anilines is 1.